The van der Waals surface area contributed by atoms with Crippen LogP contribution in [0.1, 0.15) is 36.0 Å². The van der Waals surface area contributed by atoms with Gasteiger partial charge in [0.05, 0.1) is 13.0 Å². The zero-order valence-corrected chi connectivity index (χ0v) is 20.2. The van der Waals surface area contributed by atoms with Crippen LogP contribution in [0.15, 0.2) is 72.8 Å². The number of nitrogens with one attached hydrogen (secondary N) is 2. The molecule has 1 aliphatic rings. The average Bonchev–Trinajstić information content (AvgIpc) is 2.88. The summed E-state index contributed by atoms with van der Waals surface area (Å²) in [5.74, 6) is -0.992. The van der Waals surface area contributed by atoms with E-state index in [4.69, 9.17) is 16.3 Å². The molecule has 0 aliphatic heterocycles. The number of methoxy groups -OCH3 is 1. The van der Waals surface area contributed by atoms with Crippen LogP contribution < -0.4 is 10.6 Å². The van der Waals surface area contributed by atoms with Gasteiger partial charge in [-0.15, -0.1) is 0 Å². The fraction of sp³-hybridized carbons (Fsp3) is 0.250. The second-order valence-electron chi connectivity index (χ2n) is 8.63. The predicted octanol–water partition coefficient (Wildman–Crippen LogP) is 6.81. The molecule has 1 aliphatic carbocycles. The molecule has 0 heterocycles. The summed E-state index contributed by atoms with van der Waals surface area (Å²) in [5, 5.41) is 6.07. The molecule has 7 heteroatoms. The molecule has 2 unspecified atom stereocenters. The largest absolute Gasteiger partial charge is 0.469 e. The molecule has 0 aromatic heterocycles. The molecule has 35 heavy (non-hydrogen) atoms. The van der Waals surface area contributed by atoms with Crippen LogP contribution in [0.5, 0.6) is 0 Å². The molecule has 0 spiro atoms. The Morgan fingerprint density at radius 1 is 0.800 bits per heavy atom. The van der Waals surface area contributed by atoms with Crippen molar-refractivity contribution in [3.05, 3.63) is 83.4 Å². The Bertz CT molecular complexity index is 1210. The standard InChI is InChI=1S/C28H27ClN2O4/c1-35-27(33)25-8-3-2-7-24(25)26(32)20-11-9-18(10-12-20)19-13-15-22(16-14-19)30-28(34)31-23-6-4-5-21(29)17-23/h4-6,9-17,24-25H,2-3,7-8H2,1H3,(H2,30,31,34). The smallest absolute Gasteiger partial charge is 0.323 e. The molecule has 6 nitrogen and oxygen atoms in total. The van der Waals surface area contributed by atoms with Gasteiger partial charge in [0.15, 0.2) is 5.78 Å². The lowest BCUT2D eigenvalue weighted by molar-refractivity contribution is -0.147. The molecule has 0 saturated heterocycles. The van der Waals surface area contributed by atoms with E-state index in [9.17, 15) is 14.4 Å². The number of carbonyl (C=O) groups excluding carboxylic acids is 3. The van der Waals surface area contributed by atoms with Crippen LogP contribution in [0.4, 0.5) is 16.2 Å². The summed E-state index contributed by atoms with van der Waals surface area (Å²) < 4.78 is 4.92. The van der Waals surface area contributed by atoms with Gasteiger partial charge in [0.2, 0.25) is 0 Å². The van der Waals surface area contributed by atoms with Crippen molar-refractivity contribution in [2.24, 2.45) is 11.8 Å². The molecule has 180 valence electrons. The number of amides is 2. The monoisotopic (exact) mass is 490 g/mol. The lowest BCUT2D eigenvalue weighted by Crippen LogP contribution is -2.33. The summed E-state index contributed by atoms with van der Waals surface area (Å²) in [6, 6.07) is 21.4. The van der Waals surface area contributed by atoms with Crippen LogP contribution in [0, 0.1) is 11.8 Å². The Morgan fingerprint density at radius 2 is 1.40 bits per heavy atom. The van der Waals surface area contributed by atoms with Crippen LogP contribution in [-0.4, -0.2) is 24.9 Å². The summed E-state index contributed by atoms with van der Waals surface area (Å²) in [4.78, 5) is 37.5. The van der Waals surface area contributed by atoms with Crippen LogP contribution in [-0.2, 0) is 9.53 Å². The van der Waals surface area contributed by atoms with Gasteiger partial charge in [-0.2, -0.15) is 0 Å². The molecule has 1 saturated carbocycles. The quantitative estimate of drug-likeness (QED) is 0.293. The third kappa shape index (κ3) is 6.08. The molecule has 3 aromatic carbocycles. The van der Waals surface area contributed by atoms with Gasteiger partial charge in [-0.3, -0.25) is 9.59 Å². The first-order valence-corrected chi connectivity index (χ1v) is 12.0. The van der Waals surface area contributed by atoms with E-state index in [1.165, 1.54) is 7.11 Å². The summed E-state index contributed by atoms with van der Waals surface area (Å²) in [5.41, 5.74) is 3.75. The fourth-order valence-electron chi connectivity index (χ4n) is 4.52. The minimum absolute atomic E-state index is 0.00286. The predicted molar refractivity (Wildman–Crippen MR) is 138 cm³/mol. The fourth-order valence-corrected chi connectivity index (χ4v) is 4.72. The van der Waals surface area contributed by atoms with Gasteiger partial charge < -0.3 is 15.4 Å². The van der Waals surface area contributed by atoms with Crippen molar-refractivity contribution in [2.45, 2.75) is 25.7 Å². The zero-order valence-electron chi connectivity index (χ0n) is 19.4. The number of hydrogen-bond acceptors (Lipinski definition) is 4. The van der Waals surface area contributed by atoms with Crippen LogP contribution in [0.3, 0.4) is 0 Å². The molecule has 0 radical (unpaired) electrons. The molecule has 3 aromatic rings. The topological polar surface area (TPSA) is 84.5 Å². The van der Waals surface area contributed by atoms with Gasteiger partial charge in [0.25, 0.3) is 0 Å². The second kappa shape index (κ2) is 11.2. The maximum Gasteiger partial charge on any atom is 0.323 e. The highest BCUT2D eigenvalue weighted by Crippen LogP contribution is 2.34. The van der Waals surface area contributed by atoms with Gasteiger partial charge in [0, 0.05) is 27.9 Å². The Hall–Kier alpha value is -3.64. The molecule has 0 bridgehead atoms. The SMILES string of the molecule is COC(=O)C1CCCCC1C(=O)c1ccc(-c2ccc(NC(=O)Nc3cccc(Cl)c3)cc2)cc1. The number of ether oxygens (including phenoxy) is 1. The van der Waals surface area contributed by atoms with Crippen LogP contribution in [0.2, 0.25) is 5.02 Å². The number of carbonyl (C=O) groups is 3. The number of esters is 1. The van der Waals surface area contributed by atoms with E-state index in [0.29, 0.717) is 34.8 Å². The molecular weight excluding hydrogens is 464 g/mol. The van der Waals surface area contributed by atoms with E-state index < -0.39 is 0 Å². The summed E-state index contributed by atoms with van der Waals surface area (Å²) in [7, 11) is 1.37. The van der Waals surface area contributed by atoms with E-state index in [1.807, 2.05) is 48.5 Å². The van der Waals surface area contributed by atoms with Crippen LogP contribution in [0.25, 0.3) is 11.1 Å². The van der Waals surface area contributed by atoms with E-state index >= 15 is 0 Å². The molecule has 1 fully saturated rings. The highest BCUT2D eigenvalue weighted by Gasteiger charge is 2.36. The van der Waals surface area contributed by atoms with Crippen LogP contribution >= 0.6 is 11.6 Å². The minimum atomic E-state index is -0.365. The van der Waals surface area contributed by atoms with Crippen molar-refractivity contribution in [3.63, 3.8) is 0 Å². The lowest BCUT2D eigenvalue weighted by atomic mass is 9.75. The highest BCUT2D eigenvalue weighted by molar-refractivity contribution is 6.30. The Morgan fingerprint density at radius 3 is 2.03 bits per heavy atom. The third-order valence-corrected chi connectivity index (χ3v) is 6.57. The van der Waals surface area contributed by atoms with E-state index in [0.717, 1.165) is 24.0 Å². The van der Waals surface area contributed by atoms with Crippen molar-refractivity contribution in [1.82, 2.24) is 0 Å². The van der Waals surface area contributed by atoms with Crippen molar-refractivity contribution < 1.29 is 19.1 Å². The molecule has 2 atom stereocenters. The highest BCUT2D eigenvalue weighted by atomic mass is 35.5. The van der Waals surface area contributed by atoms with E-state index in [2.05, 4.69) is 10.6 Å². The van der Waals surface area contributed by atoms with Crippen molar-refractivity contribution >= 4 is 40.8 Å². The van der Waals surface area contributed by atoms with Gasteiger partial charge in [-0.1, -0.05) is 66.9 Å². The zero-order chi connectivity index (χ0) is 24.8. The number of hydrogen-bond donors (Lipinski definition) is 2. The molecule has 4 rings (SSSR count). The number of Topliss-reactive ketones (excluding diaryl/α,β-unsaturated/α-hetero) is 1. The summed E-state index contributed by atoms with van der Waals surface area (Å²) in [6.07, 6.45) is 3.29. The number of halogens is 1. The number of benzene rings is 3. The Balaban J connectivity index is 1.39. The van der Waals surface area contributed by atoms with Gasteiger partial charge in [-0.25, -0.2) is 4.79 Å². The number of rotatable bonds is 6. The molecule has 2 amide bonds. The second-order valence-corrected chi connectivity index (χ2v) is 9.07. The molecular formula is C28H27ClN2O4. The van der Waals surface area contributed by atoms with Gasteiger partial charge >= 0.3 is 12.0 Å². The van der Waals surface area contributed by atoms with Gasteiger partial charge in [0.1, 0.15) is 0 Å². The first kappa shape index (κ1) is 24.5. The Kier molecular flexibility index (Phi) is 7.83. The maximum atomic E-state index is 13.1. The summed E-state index contributed by atoms with van der Waals surface area (Å²) >= 11 is 5.95. The minimum Gasteiger partial charge on any atom is -0.469 e. The number of anilines is 2. The molecule has 2 N–H and O–H groups in total. The Labute approximate surface area is 209 Å². The third-order valence-electron chi connectivity index (χ3n) is 6.33. The number of urea groups is 1. The normalized spacial score (nSPS) is 17.3. The maximum absolute atomic E-state index is 13.1. The van der Waals surface area contributed by atoms with E-state index in [1.54, 1.807) is 24.3 Å². The van der Waals surface area contributed by atoms with Gasteiger partial charge in [-0.05, 0) is 54.3 Å². The first-order chi connectivity index (χ1) is 16.9. The van der Waals surface area contributed by atoms with E-state index in [-0.39, 0.29) is 29.6 Å². The average molecular weight is 491 g/mol. The summed E-state index contributed by atoms with van der Waals surface area (Å²) in [6.45, 7) is 0. The van der Waals surface area contributed by atoms with Crippen molar-refractivity contribution in [1.29, 1.82) is 0 Å². The van der Waals surface area contributed by atoms with Crippen molar-refractivity contribution in [3.8, 4) is 11.1 Å². The lowest BCUT2D eigenvalue weighted by Gasteiger charge is -2.28. The first-order valence-electron chi connectivity index (χ1n) is 11.6. The van der Waals surface area contributed by atoms with Crippen molar-refractivity contribution in [2.75, 3.05) is 17.7 Å². The number of ketones is 1.